The Morgan fingerprint density at radius 1 is 0.703 bits per heavy atom. The summed E-state index contributed by atoms with van der Waals surface area (Å²) >= 11 is 1.67. The molecule has 0 fully saturated rings. The van der Waals surface area contributed by atoms with Gasteiger partial charge in [-0.3, -0.25) is 9.55 Å². The van der Waals surface area contributed by atoms with Crippen LogP contribution in [0.15, 0.2) is 127 Å². The first-order valence-corrected chi connectivity index (χ1v) is 13.0. The Kier molecular flexibility index (Phi) is 6.60. The van der Waals surface area contributed by atoms with Gasteiger partial charge in [-0.1, -0.05) is 90.6 Å². The van der Waals surface area contributed by atoms with Crippen molar-refractivity contribution in [2.75, 3.05) is 0 Å². The van der Waals surface area contributed by atoms with Crippen LogP contribution in [-0.2, 0) is 12.3 Å². The molecule has 0 radical (unpaired) electrons. The molecule has 3 aromatic heterocycles. The van der Waals surface area contributed by atoms with Crippen LogP contribution >= 0.6 is 11.8 Å². The normalized spacial score (nSPS) is 11.0. The van der Waals surface area contributed by atoms with Gasteiger partial charge in [-0.25, -0.2) is 4.68 Å². The largest absolute Gasteiger partial charge is 0.297 e. The van der Waals surface area contributed by atoms with Gasteiger partial charge in [0, 0.05) is 41.0 Å². The van der Waals surface area contributed by atoms with Crippen molar-refractivity contribution in [1.29, 1.82) is 0 Å². The fourth-order valence-corrected chi connectivity index (χ4v) is 5.12. The van der Waals surface area contributed by atoms with Crippen LogP contribution in [0.5, 0.6) is 0 Å². The lowest BCUT2D eigenvalue weighted by Crippen LogP contribution is -2.04. The van der Waals surface area contributed by atoms with Gasteiger partial charge in [0.2, 0.25) is 0 Å². The zero-order valence-electron chi connectivity index (χ0n) is 20.1. The topological polar surface area (TPSA) is 61.4 Å². The van der Waals surface area contributed by atoms with E-state index in [9.17, 15) is 0 Å². The van der Waals surface area contributed by atoms with E-state index in [1.807, 2.05) is 65.5 Å². The van der Waals surface area contributed by atoms with Crippen molar-refractivity contribution in [1.82, 2.24) is 29.5 Å². The maximum atomic E-state index is 4.96. The van der Waals surface area contributed by atoms with E-state index >= 15 is 0 Å². The number of nitrogens with zero attached hydrogens (tertiary/aromatic N) is 6. The molecule has 7 heteroatoms. The molecule has 6 rings (SSSR count). The first kappa shape index (κ1) is 22.9. The molecule has 0 atom stereocenters. The minimum absolute atomic E-state index is 0.676. The smallest absolute Gasteiger partial charge is 0.192 e. The molecule has 0 saturated carbocycles. The lowest BCUT2D eigenvalue weighted by atomic mass is 10.1. The van der Waals surface area contributed by atoms with Crippen molar-refractivity contribution >= 4 is 11.8 Å². The van der Waals surface area contributed by atoms with E-state index < -0.39 is 0 Å². The van der Waals surface area contributed by atoms with Crippen LogP contribution in [0.2, 0.25) is 0 Å². The fraction of sp³-hybridized carbons (Fsp3) is 0.0667. The number of thioether (sulfide) groups is 1. The number of para-hydroxylation sites is 1. The van der Waals surface area contributed by atoms with Crippen LogP contribution in [-0.4, -0.2) is 29.5 Å². The first-order chi connectivity index (χ1) is 18.3. The third-order valence-electron chi connectivity index (χ3n) is 6.03. The summed E-state index contributed by atoms with van der Waals surface area (Å²) in [5.41, 5.74) is 6.36. The number of rotatable bonds is 8. The molecule has 0 amide bonds. The summed E-state index contributed by atoms with van der Waals surface area (Å²) in [6.45, 7) is 0.676. The van der Waals surface area contributed by atoms with E-state index in [0.29, 0.717) is 12.3 Å². The highest BCUT2D eigenvalue weighted by Crippen LogP contribution is 2.31. The molecule has 0 saturated heterocycles. The lowest BCUT2D eigenvalue weighted by molar-refractivity contribution is 0.714. The van der Waals surface area contributed by atoms with Gasteiger partial charge >= 0.3 is 0 Å². The van der Waals surface area contributed by atoms with Gasteiger partial charge in [0.05, 0.1) is 17.9 Å². The molecule has 0 spiro atoms. The highest BCUT2D eigenvalue weighted by atomic mass is 32.2. The molecule has 6 aromatic rings. The van der Waals surface area contributed by atoms with Crippen molar-refractivity contribution in [3.63, 3.8) is 0 Å². The van der Waals surface area contributed by atoms with Crippen molar-refractivity contribution in [3.8, 4) is 28.3 Å². The van der Waals surface area contributed by atoms with Gasteiger partial charge in [0.1, 0.15) is 0 Å². The number of aromatic nitrogens is 6. The Balaban J connectivity index is 1.35. The molecule has 6 nitrogen and oxygen atoms in total. The van der Waals surface area contributed by atoms with Gasteiger partial charge in [0.25, 0.3) is 0 Å². The predicted octanol–water partition coefficient (Wildman–Crippen LogP) is 6.53. The van der Waals surface area contributed by atoms with Crippen LogP contribution < -0.4 is 0 Å². The van der Waals surface area contributed by atoms with Crippen LogP contribution in [0.4, 0.5) is 0 Å². The quantitative estimate of drug-likeness (QED) is 0.222. The highest BCUT2D eigenvalue weighted by molar-refractivity contribution is 7.98. The van der Waals surface area contributed by atoms with Gasteiger partial charge in [0.15, 0.2) is 11.0 Å². The minimum Gasteiger partial charge on any atom is -0.297 e. The van der Waals surface area contributed by atoms with E-state index in [2.05, 4.69) is 74.5 Å². The van der Waals surface area contributed by atoms with Crippen LogP contribution in [0.3, 0.4) is 0 Å². The van der Waals surface area contributed by atoms with E-state index in [1.54, 1.807) is 18.0 Å². The Morgan fingerprint density at radius 2 is 1.41 bits per heavy atom. The van der Waals surface area contributed by atoms with E-state index in [1.165, 1.54) is 5.56 Å². The minimum atomic E-state index is 0.676. The second-order valence-corrected chi connectivity index (χ2v) is 9.50. The van der Waals surface area contributed by atoms with E-state index in [0.717, 1.165) is 39.1 Å². The summed E-state index contributed by atoms with van der Waals surface area (Å²) in [4.78, 5) is 4.29. The first-order valence-electron chi connectivity index (χ1n) is 12.0. The highest BCUT2D eigenvalue weighted by Gasteiger charge is 2.18. The second kappa shape index (κ2) is 10.6. The molecule has 3 aromatic carbocycles. The second-order valence-electron chi connectivity index (χ2n) is 8.56. The molecule has 37 heavy (non-hydrogen) atoms. The number of hydrogen-bond acceptors (Lipinski definition) is 5. The average molecular weight is 501 g/mol. The third-order valence-corrected chi connectivity index (χ3v) is 7.05. The Labute approximate surface area is 219 Å². The molecule has 0 bridgehead atoms. The Hall–Kier alpha value is -4.49. The summed E-state index contributed by atoms with van der Waals surface area (Å²) in [6.07, 6.45) is 5.72. The summed E-state index contributed by atoms with van der Waals surface area (Å²) in [5.74, 6) is 1.51. The molecule has 0 unspecified atom stereocenters. The molecular formula is C30H24N6S. The maximum Gasteiger partial charge on any atom is 0.192 e. The summed E-state index contributed by atoms with van der Waals surface area (Å²) in [6, 6.07) is 34.9. The van der Waals surface area contributed by atoms with Gasteiger partial charge in [-0.15, -0.1) is 10.2 Å². The summed E-state index contributed by atoms with van der Waals surface area (Å²) in [7, 11) is 0. The monoisotopic (exact) mass is 500 g/mol. The Bertz CT molecular complexity index is 1580. The van der Waals surface area contributed by atoms with E-state index in [4.69, 9.17) is 5.10 Å². The molecule has 3 heterocycles. The molecule has 0 aliphatic heterocycles. The van der Waals surface area contributed by atoms with Crippen molar-refractivity contribution < 1.29 is 0 Å². The fourth-order valence-electron chi connectivity index (χ4n) is 4.22. The number of hydrogen-bond donors (Lipinski definition) is 0. The van der Waals surface area contributed by atoms with Crippen molar-refractivity contribution in [2.45, 2.75) is 17.5 Å². The Morgan fingerprint density at radius 3 is 2.14 bits per heavy atom. The van der Waals surface area contributed by atoms with Crippen molar-refractivity contribution in [3.05, 3.63) is 133 Å². The van der Waals surface area contributed by atoms with Crippen LogP contribution in [0.1, 0.15) is 11.1 Å². The standard InChI is InChI=1S/C30H24N6S/c1-4-11-23(12-5-1)20-35-29(25-15-10-18-31-19-25)32-33-30(35)37-22-26-21-36(27-16-8-3-9-17-27)34-28(26)24-13-6-2-7-14-24/h1-19,21H,20,22H2. The van der Waals surface area contributed by atoms with Crippen molar-refractivity contribution in [2.24, 2.45) is 0 Å². The SMILES string of the molecule is c1ccc(Cn2c(SCc3cn(-c4ccccc4)nc3-c3ccccc3)nnc2-c2cccnc2)cc1. The third kappa shape index (κ3) is 5.08. The summed E-state index contributed by atoms with van der Waals surface area (Å²) < 4.78 is 4.12. The number of pyridine rings is 1. The maximum absolute atomic E-state index is 4.96. The number of benzene rings is 3. The molecule has 0 aliphatic carbocycles. The predicted molar refractivity (Wildman–Crippen MR) is 147 cm³/mol. The van der Waals surface area contributed by atoms with Crippen LogP contribution in [0.25, 0.3) is 28.3 Å². The molecular weight excluding hydrogens is 476 g/mol. The van der Waals surface area contributed by atoms with Gasteiger partial charge in [-0.05, 0) is 29.8 Å². The van der Waals surface area contributed by atoms with E-state index in [-0.39, 0.29) is 0 Å². The average Bonchev–Trinajstić information content (AvgIpc) is 3.58. The molecule has 0 aliphatic rings. The van der Waals surface area contributed by atoms with Gasteiger partial charge < -0.3 is 0 Å². The molecule has 0 N–H and O–H groups in total. The zero-order chi connectivity index (χ0) is 24.9. The van der Waals surface area contributed by atoms with Crippen LogP contribution in [0, 0.1) is 0 Å². The summed E-state index contributed by atoms with van der Waals surface area (Å²) in [5, 5.41) is 15.0. The molecule has 180 valence electrons. The zero-order valence-corrected chi connectivity index (χ0v) is 20.9. The lowest BCUT2D eigenvalue weighted by Gasteiger charge is -2.10. The van der Waals surface area contributed by atoms with Gasteiger partial charge in [-0.2, -0.15) is 5.10 Å².